The summed E-state index contributed by atoms with van der Waals surface area (Å²) in [5, 5.41) is 3.37. The Balaban J connectivity index is 1.55. The van der Waals surface area contributed by atoms with E-state index in [1.165, 1.54) is 25.8 Å². The number of likely N-dealkylation sites (tertiary alicyclic amines) is 1. The third-order valence-corrected chi connectivity index (χ3v) is 4.05. The number of nitrogens with one attached hydrogen (secondary N) is 1. The average molecular weight is 256 g/mol. The molecule has 0 amide bonds. The first-order valence-electron chi connectivity index (χ1n) is 7.40. The van der Waals surface area contributed by atoms with Crippen molar-refractivity contribution in [1.29, 1.82) is 0 Å². The number of hydrogen-bond acceptors (Lipinski definition) is 4. The molecule has 0 radical (unpaired) electrons. The molecule has 2 fully saturated rings. The predicted molar refractivity (Wildman–Crippen MR) is 72.9 cm³/mol. The van der Waals surface area contributed by atoms with Crippen LogP contribution in [0.1, 0.15) is 32.6 Å². The van der Waals surface area contributed by atoms with Gasteiger partial charge in [-0.15, -0.1) is 0 Å². The Labute approximate surface area is 111 Å². The van der Waals surface area contributed by atoms with Crippen molar-refractivity contribution in [1.82, 2.24) is 10.2 Å². The van der Waals surface area contributed by atoms with Gasteiger partial charge in [0.1, 0.15) is 0 Å². The van der Waals surface area contributed by atoms with Crippen LogP contribution in [0.4, 0.5) is 0 Å². The van der Waals surface area contributed by atoms with Crippen molar-refractivity contribution < 1.29 is 9.47 Å². The van der Waals surface area contributed by atoms with Gasteiger partial charge in [-0.25, -0.2) is 0 Å². The Bertz CT molecular complexity index is 238. The molecule has 0 aliphatic carbocycles. The summed E-state index contributed by atoms with van der Waals surface area (Å²) in [5.41, 5.74) is 0. The van der Waals surface area contributed by atoms with Crippen LogP contribution < -0.4 is 5.32 Å². The van der Waals surface area contributed by atoms with Crippen LogP contribution in [0, 0.1) is 0 Å². The van der Waals surface area contributed by atoms with Crippen LogP contribution in [0.5, 0.6) is 0 Å². The largest absolute Gasteiger partial charge is 0.379 e. The summed E-state index contributed by atoms with van der Waals surface area (Å²) < 4.78 is 11.6. The van der Waals surface area contributed by atoms with Gasteiger partial charge in [0.15, 0.2) is 0 Å². The quantitative estimate of drug-likeness (QED) is 0.751. The minimum absolute atomic E-state index is 0.234. The van der Waals surface area contributed by atoms with E-state index in [0.29, 0.717) is 6.10 Å². The van der Waals surface area contributed by atoms with Gasteiger partial charge in [-0.1, -0.05) is 6.42 Å². The van der Waals surface area contributed by atoms with E-state index in [1.54, 1.807) is 0 Å². The molecule has 0 aromatic rings. The first-order chi connectivity index (χ1) is 8.75. The first-order valence-corrected chi connectivity index (χ1v) is 7.40. The van der Waals surface area contributed by atoms with Crippen LogP contribution >= 0.6 is 0 Å². The van der Waals surface area contributed by atoms with Gasteiger partial charge in [0, 0.05) is 25.7 Å². The molecule has 0 aromatic carbocycles. The van der Waals surface area contributed by atoms with E-state index in [1.807, 2.05) is 0 Å². The molecule has 3 atom stereocenters. The Kier molecular flexibility index (Phi) is 5.89. The van der Waals surface area contributed by atoms with Crippen molar-refractivity contribution in [3.05, 3.63) is 0 Å². The molecule has 4 heteroatoms. The van der Waals surface area contributed by atoms with E-state index in [4.69, 9.17) is 9.47 Å². The molecule has 2 aliphatic rings. The van der Waals surface area contributed by atoms with Gasteiger partial charge >= 0.3 is 0 Å². The van der Waals surface area contributed by atoms with Gasteiger partial charge in [-0.05, 0) is 39.8 Å². The first kappa shape index (κ1) is 14.3. The summed E-state index contributed by atoms with van der Waals surface area (Å²) >= 11 is 0. The van der Waals surface area contributed by atoms with E-state index in [-0.39, 0.29) is 6.10 Å². The van der Waals surface area contributed by atoms with Crippen LogP contribution in [0.2, 0.25) is 0 Å². The molecule has 4 nitrogen and oxygen atoms in total. The average Bonchev–Trinajstić information content (AvgIpc) is 2.37. The highest BCUT2D eigenvalue weighted by Crippen LogP contribution is 2.17. The van der Waals surface area contributed by atoms with Gasteiger partial charge in [0.2, 0.25) is 0 Å². The third kappa shape index (κ3) is 4.50. The number of morpholine rings is 1. The van der Waals surface area contributed by atoms with Crippen LogP contribution in [0.3, 0.4) is 0 Å². The Hall–Kier alpha value is -0.160. The molecule has 2 rings (SSSR count). The molecule has 1 N–H and O–H groups in total. The molecule has 2 saturated heterocycles. The lowest BCUT2D eigenvalue weighted by Crippen LogP contribution is -2.45. The number of nitrogens with zero attached hydrogens (tertiary/aromatic N) is 1. The fourth-order valence-corrected chi connectivity index (χ4v) is 2.91. The van der Waals surface area contributed by atoms with Gasteiger partial charge in [-0.2, -0.15) is 0 Å². The molecule has 0 aromatic heterocycles. The van der Waals surface area contributed by atoms with Gasteiger partial charge in [0.05, 0.1) is 18.8 Å². The molecule has 106 valence electrons. The minimum Gasteiger partial charge on any atom is -0.379 e. The van der Waals surface area contributed by atoms with Crippen molar-refractivity contribution >= 4 is 0 Å². The second-order valence-corrected chi connectivity index (χ2v) is 5.72. The maximum Gasteiger partial charge on any atom is 0.0936 e. The molecular formula is C14H28N2O2. The molecule has 3 unspecified atom stereocenters. The monoisotopic (exact) mass is 256 g/mol. The molecule has 18 heavy (non-hydrogen) atoms. The Morgan fingerprint density at radius 1 is 1.33 bits per heavy atom. The molecule has 2 heterocycles. The minimum atomic E-state index is 0.234. The lowest BCUT2D eigenvalue weighted by molar-refractivity contribution is -0.0705. The maximum absolute atomic E-state index is 5.80. The number of piperidine rings is 1. The normalized spacial score (nSPS) is 34.7. The fraction of sp³-hybridized carbons (Fsp3) is 1.00. The van der Waals surface area contributed by atoms with E-state index in [2.05, 4.69) is 24.2 Å². The summed E-state index contributed by atoms with van der Waals surface area (Å²) in [4.78, 5) is 2.48. The van der Waals surface area contributed by atoms with Crippen LogP contribution in [-0.2, 0) is 9.47 Å². The summed E-state index contributed by atoms with van der Waals surface area (Å²) in [6, 6.07) is 0.725. The van der Waals surface area contributed by atoms with Gasteiger partial charge < -0.3 is 19.7 Å². The lowest BCUT2D eigenvalue weighted by atomic mass is 10.0. The molecule has 0 bridgehead atoms. The molecular weight excluding hydrogens is 228 g/mol. The number of ether oxygens (including phenoxy) is 2. The highest BCUT2D eigenvalue weighted by atomic mass is 16.5. The molecule has 2 aliphatic heterocycles. The van der Waals surface area contributed by atoms with Gasteiger partial charge in [-0.3, -0.25) is 0 Å². The number of rotatable bonds is 5. The topological polar surface area (TPSA) is 33.7 Å². The van der Waals surface area contributed by atoms with Crippen molar-refractivity contribution in [3.63, 3.8) is 0 Å². The van der Waals surface area contributed by atoms with E-state index >= 15 is 0 Å². The van der Waals surface area contributed by atoms with Crippen molar-refractivity contribution in [2.45, 2.75) is 50.9 Å². The summed E-state index contributed by atoms with van der Waals surface area (Å²) in [5.74, 6) is 0. The number of hydrogen-bond donors (Lipinski definition) is 1. The Morgan fingerprint density at radius 3 is 3.00 bits per heavy atom. The fourth-order valence-electron chi connectivity index (χ4n) is 2.91. The van der Waals surface area contributed by atoms with Crippen LogP contribution in [-0.4, -0.2) is 63.0 Å². The maximum atomic E-state index is 5.80. The smallest absolute Gasteiger partial charge is 0.0936 e. The highest BCUT2D eigenvalue weighted by molar-refractivity contribution is 4.74. The van der Waals surface area contributed by atoms with E-state index < -0.39 is 0 Å². The molecule has 0 spiro atoms. The summed E-state index contributed by atoms with van der Waals surface area (Å²) in [6.45, 7) is 6.84. The van der Waals surface area contributed by atoms with Crippen LogP contribution in [0.25, 0.3) is 0 Å². The lowest BCUT2D eigenvalue weighted by Gasteiger charge is -2.33. The molecule has 0 saturated carbocycles. The van der Waals surface area contributed by atoms with E-state index in [0.717, 1.165) is 38.8 Å². The highest BCUT2D eigenvalue weighted by Gasteiger charge is 2.20. The standard InChI is InChI=1S/C14H28N2O2/c1-12-9-15-10-14(18-12)11-17-8-6-13-5-3-4-7-16(13)2/h12-15H,3-11H2,1-2H3. The van der Waals surface area contributed by atoms with Crippen molar-refractivity contribution in [2.75, 3.05) is 39.9 Å². The summed E-state index contributed by atoms with van der Waals surface area (Å²) in [7, 11) is 2.24. The van der Waals surface area contributed by atoms with Gasteiger partial charge in [0.25, 0.3) is 0 Å². The van der Waals surface area contributed by atoms with E-state index in [9.17, 15) is 0 Å². The second-order valence-electron chi connectivity index (χ2n) is 5.72. The zero-order chi connectivity index (χ0) is 12.8. The SMILES string of the molecule is CC1CNCC(COCCC2CCCCN2C)O1. The zero-order valence-corrected chi connectivity index (χ0v) is 11.9. The van der Waals surface area contributed by atoms with Crippen molar-refractivity contribution in [2.24, 2.45) is 0 Å². The van der Waals surface area contributed by atoms with Crippen LogP contribution in [0.15, 0.2) is 0 Å². The second kappa shape index (κ2) is 7.43. The predicted octanol–water partition coefficient (Wildman–Crippen LogP) is 1.25. The Morgan fingerprint density at radius 2 is 2.22 bits per heavy atom. The summed E-state index contributed by atoms with van der Waals surface area (Å²) in [6.07, 6.45) is 5.77. The van der Waals surface area contributed by atoms with Crippen molar-refractivity contribution in [3.8, 4) is 0 Å². The zero-order valence-electron chi connectivity index (χ0n) is 11.9. The third-order valence-electron chi connectivity index (χ3n) is 4.05.